The van der Waals surface area contributed by atoms with Gasteiger partial charge in [-0.15, -0.1) is 0 Å². The Labute approximate surface area is 254 Å². The van der Waals surface area contributed by atoms with Gasteiger partial charge in [-0.05, 0) is 42.0 Å². The van der Waals surface area contributed by atoms with Crippen LogP contribution in [0.4, 0.5) is 0 Å². The second-order valence-electron chi connectivity index (χ2n) is 11.1. The third-order valence-electron chi connectivity index (χ3n) is 8.08. The maximum Gasteiger partial charge on any atom is 0.228 e. The highest BCUT2D eigenvalue weighted by molar-refractivity contribution is 7.95. The van der Waals surface area contributed by atoms with E-state index in [1.54, 1.807) is 24.3 Å². The molecule has 0 aromatic heterocycles. The summed E-state index contributed by atoms with van der Waals surface area (Å²) >= 11 is 0. The minimum absolute atomic E-state index is 0.0829. The molecule has 5 aromatic rings. The van der Waals surface area contributed by atoms with Crippen molar-refractivity contribution in [3.63, 3.8) is 0 Å². The van der Waals surface area contributed by atoms with Gasteiger partial charge in [-0.2, -0.15) is 0 Å². The molecule has 0 spiro atoms. The molecule has 1 unspecified atom stereocenters. The number of fused-ring (bicyclic) bond motifs is 1. The molecule has 0 aliphatic heterocycles. The van der Waals surface area contributed by atoms with Crippen LogP contribution < -0.4 is 15.9 Å². The standard InChI is InChI=1S/C39H34O3P/c1-29(28-43(31-18-8-3-9-19-31,32-20-10-4-11-21-32)33-22-12-5-13-23-33)27-42-39-36(26-30-16-6-2-7-17-30)37(40)34-24-14-15-25-35(34)38(39)41/h2-25,29H,26-28H2,1H3/q+1. The minimum Gasteiger partial charge on any atom is -0.489 e. The highest BCUT2D eigenvalue weighted by Crippen LogP contribution is 2.56. The Morgan fingerprint density at radius 2 is 0.977 bits per heavy atom. The normalized spacial score (nSPS) is 13.9. The summed E-state index contributed by atoms with van der Waals surface area (Å²) in [4.78, 5) is 27.5. The summed E-state index contributed by atoms with van der Waals surface area (Å²) in [6, 6.07) is 49.1. The van der Waals surface area contributed by atoms with Crippen molar-refractivity contribution in [2.75, 3.05) is 12.8 Å². The molecule has 6 rings (SSSR count). The summed E-state index contributed by atoms with van der Waals surface area (Å²) in [6.45, 7) is 2.51. The second-order valence-corrected chi connectivity index (χ2v) is 14.6. The average molecular weight is 582 g/mol. The van der Waals surface area contributed by atoms with E-state index < -0.39 is 7.26 Å². The van der Waals surface area contributed by atoms with Gasteiger partial charge in [0.1, 0.15) is 23.2 Å². The molecule has 0 amide bonds. The molecule has 0 saturated heterocycles. The van der Waals surface area contributed by atoms with Crippen molar-refractivity contribution in [1.82, 2.24) is 0 Å². The van der Waals surface area contributed by atoms with Crippen molar-refractivity contribution < 1.29 is 14.3 Å². The number of rotatable bonds is 10. The van der Waals surface area contributed by atoms with Crippen LogP contribution in [0.15, 0.2) is 157 Å². The molecule has 212 valence electrons. The molecule has 0 N–H and O–H groups in total. The SMILES string of the molecule is CC(COC1=C(Cc2ccccc2)C(=O)c2ccccc2C1=O)C[P+](c1ccccc1)(c1ccccc1)c1ccccc1. The molecule has 0 heterocycles. The zero-order chi connectivity index (χ0) is 29.6. The van der Waals surface area contributed by atoms with E-state index in [1.165, 1.54) is 15.9 Å². The van der Waals surface area contributed by atoms with E-state index in [0.29, 0.717) is 29.7 Å². The highest BCUT2D eigenvalue weighted by atomic mass is 31.2. The van der Waals surface area contributed by atoms with Gasteiger partial charge in [0.15, 0.2) is 11.5 Å². The Morgan fingerprint density at radius 1 is 0.558 bits per heavy atom. The summed E-state index contributed by atoms with van der Waals surface area (Å²) in [5.41, 5.74) is 2.25. The van der Waals surface area contributed by atoms with Crippen LogP contribution in [-0.2, 0) is 11.2 Å². The van der Waals surface area contributed by atoms with Crippen molar-refractivity contribution in [2.24, 2.45) is 5.92 Å². The number of ether oxygens (including phenoxy) is 1. The molecule has 0 saturated carbocycles. The largest absolute Gasteiger partial charge is 0.489 e. The zero-order valence-electron chi connectivity index (χ0n) is 24.2. The van der Waals surface area contributed by atoms with Gasteiger partial charge in [-0.3, -0.25) is 9.59 Å². The number of carbonyl (C=O) groups excluding carboxylic acids is 2. The Kier molecular flexibility index (Phi) is 8.45. The van der Waals surface area contributed by atoms with E-state index in [9.17, 15) is 9.59 Å². The van der Waals surface area contributed by atoms with Gasteiger partial charge in [0.2, 0.25) is 5.78 Å². The number of benzene rings is 5. The van der Waals surface area contributed by atoms with Gasteiger partial charge in [0.25, 0.3) is 0 Å². The summed E-state index contributed by atoms with van der Waals surface area (Å²) < 4.78 is 6.45. The topological polar surface area (TPSA) is 43.4 Å². The number of ketones is 2. The van der Waals surface area contributed by atoms with E-state index in [4.69, 9.17) is 4.74 Å². The lowest BCUT2D eigenvalue weighted by Crippen LogP contribution is -2.36. The monoisotopic (exact) mass is 581 g/mol. The van der Waals surface area contributed by atoms with Gasteiger partial charge in [-0.25, -0.2) is 0 Å². The first kappa shape index (κ1) is 28.5. The van der Waals surface area contributed by atoms with Gasteiger partial charge in [0.05, 0.1) is 18.3 Å². The van der Waals surface area contributed by atoms with Crippen molar-refractivity contribution in [3.05, 3.63) is 174 Å². The third-order valence-corrected chi connectivity index (χ3v) is 12.8. The summed E-state index contributed by atoms with van der Waals surface area (Å²) in [5, 5.41) is 3.92. The molecule has 1 aliphatic carbocycles. The Bertz CT molecular complexity index is 1650. The number of hydrogen-bond acceptors (Lipinski definition) is 3. The first-order valence-corrected chi connectivity index (χ1v) is 16.7. The second kappa shape index (κ2) is 12.7. The van der Waals surface area contributed by atoms with Crippen LogP contribution in [0.3, 0.4) is 0 Å². The predicted molar refractivity (Wildman–Crippen MR) is 177 cm³/mol. The van der Waals surface area contributed by atoms with E-state index >= 15 is 0 Å². The van der Waals surface area contributed by atoms with Crippen LogP contribution >= 0.6 is 7.26 Å². The van der Waals surface area contributed by atoms with Crippen LogP contribution in [-0.4, -0.2) is 24.3 Å². The lowest BCUT2D eigenvalue weighted by atomic mass is 9.85. The zero-order valence-corrected chi connectivity index (χ0v) is 25.1. The van der Waals surface area contributed by atoms with Crippen LogP contribution in [0.25, 0.3) is 0 Å². The van der Waals surface area contributed by atoms with Gasteiger partial charge < -0.3 is 4.74 Å². The fraction of sp³-hybridized carbons (Fsp3) is 0.128. The molecule has 4 heteroatoms. The van der Waals surface area contributed by atoms with Gasteiger partial charge in [0, 0.05) is 23.5 Å². The van der Waals surface area contributed by atoms with Crippen LogP contribution in [0.5, 0.6) is 0 Å². The number of allylic oxidation sites excluding steroid dienone is 2. The number of Topliss-reactive ketones (excluding diaryl/α,β-unsaturated/α-hetero) is 2. The maximum atomic E-state index is 13.8. The quantitative estimate of drug-likeness (QED) is 0.164. The first-order chi connectivity index (χ1) is 21.1. The molecule has 5 aromatic carbocycles. The molecular weight excluding hydrogens is 547 g/mol. The third kappa shape index (κ3) is 5.74. The van der Waals surface area contributed by atoms with E-state index in [1.807, 2.05) is 30.3 Å². The van der Waals surface area contributed by atoms with Crippen molar-refractivity contribution >= 4 is 34.7 Å². The highest BCUT2D eigenvalue weighted by Gasteiger charge is 2.46. The molecule has 3 nitrogen and oxygen atoms in total. The molecular formula is C39H34O3P+. The van der Waals surface area contributed by atoms with Crippen LogP contribution in [0.1, 0.15) is 33.2 Å². The molecule has 1 aliphatic rings. The molecule has 0 bridgehead atoms. The van der Waals surface area contributed by atoms with Crippen molar-refractivity contribution in [3.8, 4) is 0 Å². The summed E-state index contributed by atoms with van der Waals surface area (Å²) in [7, 11) is -2.08. The van der Waals surface area contributed by atoms with Crippen molar-refractivity contribution in [2.45, 2.75) is 13.3 Å². The van der Waals surface area contributed by atoms with E-state index in [-0.39, 0.29) is 23.2 Å². The number of carbonyl (C=O) groups is 2. The molecule has 43 heavy (non-hydrogen) atoms. The van der Waals surface area contributed by atoms with Gasteiger partial charge in [-0.1, -0.05) is 116 Å². The van der Waals surface area contributed by atoms with Crippen LogP contribution in [0, 0.1) is 5.92 Å². The predicted octanol–water partition coefficient (Wildman–Crippen LogP) is 7.21. The smallest absolute Gasteiger partial charge is 0.228 e. The van der Waals surface area contributed by atoms with E-state index in [2.05, 4.69) is 97.9 Å². The Hall–Kier alpha value is -4.59. The number of hydrogen-bond donors (Lipinski definition) is 0. The van der Waals surface area contributed by atoms with Gasteiger partial charge >= 0.3 is 0 Å². The Balaban J connectivity index is 1.37. The maximum absolute atomic E-state index is 13.8. The molecule has 1 atom stereocenters. The first-order valence-electron chi connectivity index (χ1n) is 14.7. The fourth-order valence-corrected chi connectivity index (χ4v) is 10.7. The Morgan fingerprint density at radius 3 is 1.47 bits per heavy atom. The van der Waals surface area contributed by atoms with Crippen molar-refractivity contribution in [1.29, 1.82) is 0 Å². The fourth-order valence-electron chi connectivity index (χ4n) is 6.07. The lowest BCUT2D eigenvalue weighted by Gasteiger charge is -2.30. The van der Waals surface area contributed by atoms with E-state index in [0.717, 1.165) is 11.7 Å². The molecule has 0 fully saturated rings. The molecule has 0 radical (unpaired) electrons. The summed E-state index contributed by atoms with van der Waals surface area (Å²) in [5.74, 6) is -0.0908. The minimum atomic E-state index is -2.08. The average Bonchev–Trinajstić information content (AvgIpc) is 3.07. The lowest BCUT2D eigenvalue weighted by molar-refractivity contribution is 0.0847. The summed E-state index contributed by atoms with van der Waals surface area (Å²) in [6.07, 6.45) is 1.20. The van der Waals surface area contributed by atoms with Crippen LogP contribution in [0.2, 0.25) is 0 Å².